The van der Waals surface area contributed by atoms with E-state index in [4.69, 9.17) is 9.47 Å². The Morgan fingerprint density at radius 1 is 1.38 bits per heavy atom. The summed E-state index contributed by atoms with van der Waals surface area (Å²) in [5.74, 6) is 0.759. The van der Waals surface area contributed by atoms with Gasteiger partial charge in [-0.05, 0) is 15.9 Å². The Hall–Kier alpha value is -0.720. The number of halogens is 1. The average molecular weight is 288 g/mol. The van der Waals surface area contributed by atoms with Crippen LogP contribution in [0.25, 0.3) is 0 Å². The van der Waals surface area contributed by atoms with Crippen LogP contribution in [-0.2, 0) is 9.47 Å². The van der Waals surface area contributed by atoms with E-state index in [9.17, 15) is 0 Å². The van der Waals surface area contributed by atoms with E-state index < -0.39 is 0 Å². The van der Waals surface area contributed by atoms with E-state index in [0.29, 0.717) is 13.2 Å². The number of hydrogen-bond donors (Lipinski definition) is 0. The summed E-state index contributed by atoms with van der Waals surface area (Å²) in [6, 6.07) is 0. The fourth-order valence-corrected chi connectivity index (χ4v) is 1.68. The first-order chi connectivity index (χ1) is 7.79. The molecule has 1 fully saturated rings. The average Bonchev–Trinajstić information content (AvgIpc) is 2.23. The van der Waals surface area contributed by atoms with Crippen molar-refractivity contribution in [3.05, 3.63) is 16.9 Å². The number of methoxy groups -OCH3 is 1. The van der Waals surface area contributed by atoms with Crippen molar-refractivity contribution < 1.29 is 9.47 Å². The van der Waals surface area contributed by atoms with E-state index in [-0.39, 0.29) is 6.10 Å². The van der Waals surface area contributed by atoms with Gasteiger partial charge in [-0.15, -0.1) is 0 Å². The van der Waals surface area contributed by atoms with Crippen LogP contribution in [0.3, 0.4) is 0 Å². The molecule has 1 saturated heterocycles. The lowest BCUT2D eigenvalue weighted by molar-refractivity contribution is 0.00350. The topological polar surface area (TPSA) is 47.5 Å². The molecule has 6 heteroatoms. The maximum absolute atomic E-state index is 5.56. The van der Waals surface area contributed by atoms with E-state index >= 15 is 0 Å². The van der Waals surface area contributed by atoms with Crippen LogP contribution in [0.15, 0.2) is 16.9 Å². The second kappa shape index (κ2) is 5.56. The van der Waals surface area contributed by atoms with Gasteiger partial charge in [-0.1, -0.05) is 0 Å². The Morgan fingerprint density at radius 2 is 2.06 bits per heavy atom. The van der Waals surface area contributed by atoms with Gasteiger partial charge in [0, 0.05) is 32.6 Å². The number of anilines is 1. The molecule has 0 bridgehead atoms. The van der Waals surface area contributed by atoms with Crippen molar-refractivity contribution in [3.63, 3.8) is 0 Å². The summed E-state index contributed by atoms with van der Waals surface area (Å²) >= 11 is 3.31. The van der Waals surface area contributed by atoms with Crippen LogP contribution < -0.4 is 4.90 Å². The molecule has 0 saturated carbocycles. The minimum Gasteiger partial charge on any atom is -0.382 e. The van der Waals surface area contributed by atoms with Gasteiger partial charge in [0.25, 0.3) is 0 Å². The van der Waals surface area contributed by atoms with Gasteiger partial charge in [0.15, 0.2) is 0 Å². The Morgan fingerprint density at radius 3 is 2.69 bits per heavy atom. The molecule has 0 unspecified atom stereocenters. The van der Waals surface area contributed by atoms with Gasteiger partial charge in [-0.3, -0.25) is 0 Å². The van der Waals surface area contributed by atoms with Crippen LogP contribution in [0, 0.1) is 0 Å². The number of hydrogen-bond acceptors (Lipinski definition) is 5. The van der Waals surface area contributed by atoms with Crippen LogP contribution in [-0.4, -0.2) is 49.5 Å². The molecular weight excluding hydrogens is 274 g/mol. The SMILES string of the molecule is COCCOC1CN(c2ncc(Br)cn2)C1. The third-order valence-electron chi connectivity index (χ3n) is 2.38. The molecule has 0 radical (unpaired) electrons. The zero-order valence-electron chi connectivity index (χ0n) is 9.10. The summed E-state index contributed by atoms with van der Waals surface area (Å²) in [6.45, 7) is 3.00. The normalized spacial score (nSPS) is 16.2. The molecule has 88 valence electrons. The maximum atomic E-state index is 5.56. The molecule has 1 aliphatic rings. The smallest absolute Gasteiger partial charge is 0.225 e. The van der Waals surface area contributed by atoms with Crippen LogP contribution in [0.5, 0.6) is 0 Å². The van der Waals surface area contributed by atoms with E-state index in [1.807, 2.05) is 0 Å². The second-order valence-corrected chi connectivity index (χ2v) is 4.51. The van der Waals surface area contributed by atoms with Crippen molar-refractivity contribution >= 4 is 21.9 Å². The maximum Gasteiger partial charge on any atom is 0.225 e. The lowest BCUT2D eigenvalue weighted by Gasteiger charge is -2.38. The van der Waals surface area contributed by atoms with Crippen molar-refractivity contribution in [3.8, 4) is 0 Å². The van der Waals surface area contributed by atoms with Crippen molar-refractivity contribution in [1.82, 2.24) is 9.97 Å². The molecule has 1 aromatic heterocycles. The van der Waals surface area contributed by atoms with Crippen LogP contribution in [0.1, 0.15) is 0 Å². The summed E-state index contributed by atoms with van der Waals surface area (Å²) in [6.07, 6.45) is 3.78. The number of nitrogens with zero attached hydrogens (tertiary/aromatic N) is 3. The number of aromatic nitrogens is 2. The van der Waals surface area contributed by atoms with Crippen LogP contribution in [0.4, 0.5) is 5.95 Å². The Labute approximate surface area is 103 Å². The molecule has 0 aromatic carbocycles. The summed E-state index contributed by atoms with van der Waals surface area (Å²) < 4.78 is 11.4. The quantitative estimate of drug-likeness (QED) is 0.759. The molecule has 0 N–H and O–H groups in total. The van der Waals surface area contributed by atoms with Crippen molar-refractivity contribution in [2.75, 3.05) is 38.3 Å². The van der Waals surface area contributed by atoms with Gasteiger partial charge in [0.05, 0.1) is 23.8 Å². The molecule has 1 aliphatic heterocycles. The first-order valence-corrected chi connectivity index (χ1v) is 5.92. The fourth-order valence-electron chi connectivity index (χ4n) is 1.47. The summed E-state index contributed by atoms with van der Waals surface area (Å²) in [5, 5.41) is 0. The second-order valence-electron chi connectivity index (χ2n) is 3.59. The minimum absolute atomic E-state index is 0.280. The van der Waals surface area contributed by atoms with E-state index in [1.54, 1.807) is 19.5 Å². The molecule has 0 atom stereocenters. The standard InChI is InChI=1S/C10H14BrN3O2/c1-15-2-3-16-9-6-14(7-9)10-12-4-8(11)5-13-10/h4-5,9H,2-3,6-7H2,1H3. The van der Waals surface area contributed by atoms with Crippen molar-refractivity contribution in [1.29, 1.82) is 0 Å². The first-order valence-electron chi connectivity index (χ1n) is 5.12. The zero-order valence-corrected chi connectivity index (χ0v) is 10.7. The van der Waals surface area contributed by atoms with Crippen LogP contribution in [0.2, 0.25) is 0 Å². The molecule has 0 aliphatic carbocycles. The van der Waals surface area contributed by atoms with Gasteiger partial charge in [0.2, 0.25) is 5.95 Å². The molecule has 2 heterocycles. The first kappa shape index (κ1) is 11.8. The third kappa shape index (κ3) is 2.90. The van der Waals surface area contributed by atoms with Gasteiger partial charge in [-0.2, -0.15) is 0 Å². The van der Waals surface area contributed by atoms with E-state index in [0.717, 1.165) is 23.5 Å². The lowest BCUT2D eigenvalue weighted by Crippen LogP contribution is -2.53. The fraction of sp³-hybridized carbons (Fsp3) is 0.600. The molecule has 1 aromatic rings. The van der Waals surface area contributed by atoms with Crippen molar-refractivity contribution in [2.45, 2.75) is 6.10 Å². The number of ether oxygens (including phenoxy) is 2. The number of rotatable bonds is 5. The lowest BCUT2D eigenvalue weighted by atomic mass is 10.2. The molecule has 5 nitrogen and oxygen atoms in total. The monoisotopic (exact) mass is 287 g/mol. The highest BCUT2D eigenvalue weighted by atomic mass is 79.9. The Bertz CT molecular complexity index is 327. The van der Waals surface area contributed by atoms with Gasteiger partial charge >= 0.3 is 0 Å². The van der Waals surface area contributed by atoms with Gasteiger partial charge in [0.1, 0.15) is 0 Å². The summed E-state index contributed by atoms with van der Waals surface area (Å²) in [7, 11) is 1.67. The Balaban J connectivity index is 1.73. The van der Waals surface area contributed by atoms with Gasteiger partial charge in [-0.25, -0.2) is 9.97 Å². The van der Waals surface area contributed by atoms with Gasteiger partial charge < -0.3 is 14.4 Å². The molecule has 2 rings (SSSR count). The van der Waals surface area contributed by atoms with E-state index in [1.165, 1.54) is 0 Å². The predicted molar refractivity (Wildman–Crippen MR) is 63.6 cm³/mol. The van der Waals surface area contributed by atoms with Crippen LogP contribution >= 0.6 is 15.9 Å². The molecular formula is C10H14BrN3O2. The largest absolute Gasteiger partial charge is 0.382 e. The molecule has 0 amide bonds. The highest BCUT2D eigenvalue weighted by Gasteiger charge is 2.29. The van der Waals surface area contributed by atoms with Crippen molar-refractivity contribution in [2.24, 2.45) is 0 Å². The summed E-state index contributed by atoms with van der Waals surface area (Å²) in [5.41, 5.74) is 0. The zero-order chi connectivity index (χ0) is 11.4. The third-order valence-corrected chi connectivity index (χ3v) is 2.79. The highest BCUT2D eigenvalue weighted by Crippen LogP contribution is 2.18. The Kier molecular flexibility index (Phi) is 4.09. The van der Waals surface area contributed by atoms with E-state index in [2.05, 4.69) is 30.8 Å². The predicted octanol–water partition coefficient (Wildman–Crippen LogP) is 1.09. The highest BCUT2D eigenvalue weighted by molar-refractivity contribution is 9.10. The molecule has 0 spiro atoms. The minimum atomic E-state index is 0.280. The summed E-state index contributed by atoms with van der Waals surface area (Å²) in [4.78, 5) is 10.5. The molecule has 16 heavy (non-hydrogen) atoms.